The topological polar surface area (TPSA) is 39.2 Å². The Labute approximate surface area is 99.6 Å². The van der Waals surface area contributed by atoms with Gasteiger partial charge in [0, 0.05) is 9.70 Å². The first-order chi connectivity index (χ1) is 6.66. The molecule has 0 aliphatic rings. The normalized spacial score (nSPS) is 14.8. The Bertz CT molecular complexity index is 305. The first-order valence-corrected chi connectivity index (χ1v) is 6.16. The first kappa shape index (κ1) is 11.9. The lowest BCUT2D eigenvalue weighted by molar-refractivity contribution is -0.128. The van der Waals surface area contributed by atoms with Gasteiger partial charge in [-0.15, -0.1) is 22.9 Å². The van der Waals surface area contributed by atoms with Crippen LogP contribution in [0.25, 0.3) is 0 Å². The lowest BCUT2D eigenvalue weighted by Gasteiger charge is -2.08. The van der Waals surface area contributed by atoms with Crippen LogP contribution in [0.5, 0.6) is 0 Å². The minimum atomic E-state index is -0.374. The quantitative estimate of drug-likeness (QED) is 0.619. The molecule has 78 valence electrons. The molecule has 14 heavy (non-hydrogen) atoms. The summed E-state index contributed by atoms with van der Waals surface area (Å²) in [5.74, 6) is 0. The van der Waals surface area contributed by atoms with Crippen molar-refractivity contribution < 1.29 is 9.53 Å². The summed E-state index contributed by atoms with van der Waals surface area (Å²) in [6.07, 6.45) is 0. The predicted molar refractivity (Wildman–Crippen MR) is 60.1 cm³/mol. The van der Waals surface area contributed by atoms with Crippen LogP contribution in [0.1, 0.15) is 27.7 Å². The van der Waals surface area contributed by atoms with E-state index in [1.807, 2.05) is 6.92 Å². The molecule has 0 radical (unpaired) electrons. The monoisotopic (exact) mass is 297 g/mol. The van der Waals surface area contributed by atoms with Crippen molar-refractivity contribution in [3.8, 4) is 0 Å². The highest BCUT2D eigenvalue weighted by Crippen LogP contribution is 2.34. The third-order valence-corrected chi connectivity index (χ3v) is 3.71. The summed E-state index contributed by atoms with van der Waals surface area (Å²) in [6.45, 7) is 2.54. The molecule has 2 atom stereocenters. The van der Waals surface area contributed by atoms with Crippen LogP contribution in [0.15, 0.2) is 5.51 Å². The summed E-state index contributed by atoms with van der Waals surface area (Å²) in [4.78, 5) is 15.4. The van der Waals surface area contributed by atoms with Gasteiger partial charge in [-0.25, -0.2) is 4.98 Å². The third-order valence-electron chi connectivity index (χ3n) is 1.59. The second-order valence-electron chi connectivity index (χ2n) is 2.61. The molecule has 0 aliphatic heterocycles. The van der Waals surface area contributed by atoms with E-state index in [0.717, 1.165) is 10.6 Å². The van der Waals surface area contributed by atoms with E-state index in [9.17, 15) is 4.79 Å². The highest BCUT2D eigenvalue weighted by atomic mass is 79.9. The maximum absolute atomic E-state index is 9.99. The number of thiazole rings is 1. The van der Waals surface area contributed by atoms with Gasteiger partial charge in [0.25, 0.3) is 6.47 Å². The summed E-state index contributed by atoms with van der Waals surface area (Å²) >= 11 is 11.0. The van der Waals surface area contributed by atoms with Crippen molar-refractivity contribution in [2.24, 2.45) is 0 Å². The molecule has 1 aromatic rings. The van der Waals surface area contributed by atoms with E-state index >= 15 is 0 Å². The average molecular weight is 299 g/mol. The van der Waals surface area contributed by atoms with Gasteiger partial charge in [0.1, 0.15) is 12.0 Å². The Morgan fingerprint density at radius 2 is 2.57 bits per heavy atom. The number of ether oxygens (including phenoxy) is 1. The smallest absolute Gasteiger partial charge is 0.293 e. The van der Waals surface area contributed by atoms with Gasteiger partial charge in [-0.3, -0.25) is 4.79 Å². The molecule has 1 rings (SSSR count). The molecule has 0 spiro atoms. The molecule has 0 aromatic carbocycles. The molecular weight excluding hydrogens is 290 g/mol. The molecule has 0 N–H and O–H groups in total. The molecule has 3 nitrogen and oxygen atoms in total. The Balaban J connectivity index is 2.73. The van der Waals surface area contributed by atoms with Gasteiger partial charge in [0.15, 0.2) is 0 Å². The standard InChI is InChI=1S/C8H9BrClNO2S/c1-5(9)8-7(11-3-14-8)6(10)2-13-4-12/h3-6H,2H2,1H3. The summed E-state index contributed by atoms with van der Waals surface area (Å²) < 4.78 is 4.59. The molecule has 0 bridgehead atoms. The Morgan fingerprint density at radius 1 is 1.86 bits per heavy atom. The van der Waals surface area contributed by atoms with E-state index in [1.54, 1.807) is 5.51 Å². The highest BCUT2D eigenvalue weighted by molar-refractivity contribution is 9.09. The van der Waals surface area contributed by atoms with Crippen molar-refractivity contribution in [1.29, 1.82) is 0 Å². The minimum Gasteiger partial charge on any atom is -0.466 e. The summed E-state index contributed by atoms with van der Waals surface area (Å²) in [5.41, 5.74) is 2.52. The zero-order chi connectivity index (χ0) is 10.6. The number of alkyl halides is 2. The van der Waals surface area contributed by atoms with E-state index < -0.39 is 0 Å². The van der Waals surface area contributed by atoms with Crippen molar-refractivity contribution >= 4 is 45.3 Å². The summed E-state index contributed by atoms with van der Waals surface area (Å²) in [7, 11) is 0. The van der Waals surface area contributed by atoms with Gasteiger partial charge in [-0.1, -0.05) is 15.9 Å². The highest BCUT2D eigenvalue weighted by Gasteiger charge is 2.18. The molecule has 0 saturated heterocycles. The lowest BCUT2D eigenvalue weighted by atomic mass is 10.2. The van der Waals surface area contributed by atoms with E-state index in [1.165, 1.54) is 11.3 Å². The van der Waals surface area contributed by atoms with Gasteiger partial charge < -0.3 is 4.74 Å². The van der Waals surface area contributed by atoms with Crippen LogP contribution in [0.2, 0.25) is 0 Å². The fourth-order valence-electron chi connectivity index (χ4n) is 0.999. The second kappa shape index (κ2) is 5.68. The van der Waals surface area contributed by atoms with Crippen LogP contribution >= 0.6 is 38.9 Å². The van der Waals surface area contributed by atoms with Gasteiger partial charge in [-0.2, -0.15) is 0 Å². The number of carbonyl (C=O) groups excluding carboxylic acids is 1. The molecule has 0 fully saturated rings. The summed E-state index contributed by atoms with van der Waals surface area (Å²) in [6, 6.07) is 0. The largest absolute Gasteiger partial charge is 0.466 e. The number of rotatable bonds is 5. The SMILES string of the molecule is CC(Br)c1scnc1C(Cl)COC=O. The van der Waals surface area contributed by atoms with E-state index in [0.29, 0.717) is 6.47 Å². The first-order valence-electron chi connectivity index (χ1n) is 3.93. The molecule has 0 saturated carbocycles. The van der Waals surface area contributed by atoms with E-state index in [4.69, 9.17) is 11.6 Å². The second-order valence-corrected chi connectivity index (χ2v) is 5.40. The number of halogens is 2. The maximum atomic E-state index is 9.99. The lowest BCUT2D eigenvalue weighted by Crippen LogP contribution is -2.03. The molecule has 0 aliphatic carbocycles. The molecule has 1 heterocycles. The predicted octanol–water partition coefficient (Wildman–Crippen LogP) is 3.05. The van der Waals surface area contributed by atoms with Crippen molar-refractivity contribution in [3.63, 3.8) is 0 Å². The van der Waals surface area contributed by atoms with Crippen LogP contribution in [0.4, 0.5) is 0 Å². The maximum Gasteiger partial charge on any atom is 0.293 e. The minimum absolute atomic E-state index is 0.154. The Morgan fingerprint density at radius 3 is 3.14 bits per heavy atom. The molecule has 0 amide bonds. The number of hydrogen-bond acceptors (Lipinski definition) is 4. The van der Waals surface area contributed by atoms with E-state index in [2.05, 4.69) is 25.7 Å². The van der Waals surface area contributed by atoms with E-state index in [-0.39, 0.29) is 16.8 Å². The fourth-order valence-corrected chi connectivity index (χ4v) is 2.65. The molecule has 6 heteroatoms. The van der Waals surface area contributed by atoms with Gasteiger partial charge in [-0.05, 0) is 6.92 Å². The number of nitrogens with zero attached hydrogens (tertiary/aromatic N) is 1. The zero-order valence-electron chi connectivity index (χ0n) is 7.44. The van der Waals surface area contributed by atoms with Crippen LogP contribution in [0.3, 0.4) is 0 Å². The third kappa shape index (κ3) is 2.93. The van der Waals surface area contributed by atoms with Crippen molar-refractivity contribution in [2.45, 2.75) is 17.1 Å². The van der Waals surface area contributed by atoms with Gasteiger partial charge in [0.2, 0.25) is 0 Å². The number of hydrogen-bond donors (Lipinski definition) is 0. The van der Waals surface area contributed by atoms with Gasteiger partial charge in [0.05, 0.1) is 11.2 Å². The van der Waals surface area contributed by atoms with Crippen LogP contribution in [0, 0.1) is 0 Å². The molecular formula is C8H9BrClNO2S. The Kier molecular flexibility index (Phi) is 4.84. The number of aromatic nitrogens is 1. The van der Waals surface area contributed by atoms with Crippen LogP contribution < -0.4 is 0 Å². The van der Waals surface area contributed by atoms with Crippen molar-refractivity contribution in [1.82, 2.24) is 4.98 Å². The Hall–Kier alpha value is -0.130. The van der Waals surface area contributed by atoms with Crippen LogP contribution in [-0.2, 0) is 9.53 Å². The summed E-state index contributed by atoms with van der Waals surface area (Å²) in [5, 5.41) is -0.374. The van der Waals surface area contributed by atoms with Crippen molar-refractivity contribution in [3.05, 3.63) is 16.1 Å². The number of carbonyl (C=O) groups is 1. The van der Waals surface area contributed by atoms with Crippen molar-refractivity contribution in [2.75, 3.05) is 6.61 Å². The zero-order valence-corrected chi connectivity index (χ0v) is 10.6. The fraction of sp³-hybridized carbons (Fsp3) is 0.500. The average Bonchev–Trinajstić information content (AvgIpc) is 2.62. The van der Waals surface area contributed by atoms with Crippen LogP contribution in [-0.4, -0.2) is 18.1 Å². The van der Waals surface area contributed by atoms with Gasteiger partial charge >= 0.3 is 0 Å². The molecule has 2 unspecified atom stereocenters. The molecule has 1 aromatic heterocycles.